The van der Waals surface area contributed by atoms with E-state index < -0.39 is 46.1 Å². The zero-order chi connectivity index (χ0) is 24.0. The minimum atomic E-state index is -1.31. The standard InChI is InChI=1S/C21H39N3O6/c1-11-19(7,14(25)23-21(9,13-3)16(27)29-10)22-15(26)20(8,12-2)24-17(28)30-18(4,5)6/h11-13H2,1-10H3,(H,22,26)(H,23,25)(H,24,28)/t19-,20-,21-/m0/s1. The quantitative estimate of drug-likeness (QED) is 0.484. The van der Waals surface area contributed by atoms with Crippen LogP contribution in [0.15, 0.2) is 0 Å². The van der Waals surface area contributed by atoms with Crippen LogP contribution in [0, 0.1) is 0 Å². The van der Waals surface area contributed by atoms with Gasteiger partial charge in [-0.3, -0.25) is 9.59 Å². The lowest BCUT2D eigenvalue weighted by molar-refractivity contribution is -0.151. The molecule has 0 unspecified atom stereocenters. The number of esters is 1. The predicted octanol–water partition coefficient (Wildman–Crippen LogP) is 2.42. The van der Waals surface area contributed by atoms with Gasteiger partial charge in [0, 0.05) is 0 Å². The fourth-order valence-corrected chi connectivity index (χ4v) is 2.43. The Hall–Kier alpha value is -2.32. The largest absolute Gasteiger partial charge is 0.467 e. The first-order valence-corrected chi connectivity index (χ1v) is 10.3. The second-order valence-electron chi connectivity index (χ2n) is 9.08. The number of hydrogen-bond donors (Lipinski definition) is 3. The molecule has 30 heavy (non-hydrogen) atoms. The molecule has 0 spiro atoms. The third-order valence-electron chi connectivity index (χ3n) is 5.32. The van der Waals surface area contributed by atoms with E-state index in [1.54, 1.807) is 62.3 Å². The van der Waals surface area contributed by atoms with Gasteiger partial charge in [-0.25, -0.2) is 9.59 Å². The number of amides is 3. The molecule has 174 valence electrons. The number of rotatable bonds is 9. The molecular weight excluding hydrogens is 390 g/mol. The van der Waals surface area contributed by atoms with E-state index in [9.17, 15) is 19.2 Å². The minimum absolute atomic E-state index is 0.262. The lowest BCUT2D eigenvalue weighted by Crippen LogP contribution is -2.67. The van der Waals surface area contributed by atoms with Gasteiger partial charge in [0.15, 0.2) is 0 Å². The van der Waals surface area contributed by atoms with Crippen LogP contribution in [0.25, 0.3) is 0 Å². The predicted molar refractivity (Wildman–Crippen MR) is 114 cm³/mol. The van der Waals surface area contributed by atoms with Crippen LogP contribution < -0.4 is 16.0 Å². The molecule has 0 saturated heterocycles. The monoisotopic (exact) mass is 429 g/mol. The highest BCUT2D eigenvalue weighted by molar-refractivity contribution is 5.97. The summed E-state index contributed by atoms with van der Waals surface area (Å²) in [5, 5.41) is 8.02. The van der Waals surface area contributed by atoms with E-state index in [0.29, 0.717) is 6.42 Å². The van der Waals surface area contributed by atoms with E-state index in [-0.39, 0.29) is 12.8 Å². The van der Waals surface area contributed by atoms with Crippen molar-refractivity contribution in [1.29, 1.82) is 0 Å². The maximum atomic E-state index is 13.0. The Balaban J connectivity index is 5.56. The molecule has 0 saturated carbocycles. The van der Waals surface area contributed by atoms with Crippen molar-refractivity contribution in [3.05, 3.63) is 0 Å². The van der Waals surface area contributed by atoms with Crippen LogP contribution >= 0.6 is 0 Å². The molecule has 0 fully saturated rings. The molecule has 0 heterocycles. The fraction of sp³-hybridized carbons (Fsp3) is 0.810. The van der Waals surface area contributed by atoms with Gasteiger partial charge in [-0.15, -0.1) is 0 Å². The molecule has 9 heteroatoms. The number of alkyl carbamates (subject to hydrolysis) is 1. The molecule has 0 aliphatic rings. The Kier molecular flexibility index (Phi) is 9.34. The minimum Gasteiger partial charge on any atom is -0.467 e. The highest BCUT2D eigenvalue weighted by Crippen LogP contribution is 2.19. The number of carbonyl (C=O) groups excluding carboxylic acids is 4. The summed E-state index contributed by atoms with van der Waals surface area (Å²) in [7, 11) is 1.25. The third-order valence-corrected chi connectivity index (χ3v) is 5.32. The van der Waals surface area contributed by atoms with Gasteiger partial charge < -0.3 is 25.4 Å². The summed E-state index contributed by atoms with van der Waals surface area (Å²) >= 11 is 0. The van der Waals surface area contributed by atoms with Crippen LogP contribution in [-0.2, 0) is 23.9 Å². The normalized spacial score (nSPS) is 17.4. The molecule has 0 aliphatic heterocycles. The van der Waals surface area contributed by atoms with Crippen molar-refractivity contribution in [2.45, 2.75) is 104 Å². The number of nitrogens with one attached hydrogen (secondary N) is 3. The van der Waals surface area contributed by atoms with Gasteiger partial charge in [0.05, 0.1) is 7.11 Å². The Labute approximate surface area is 180 Å². The number of ether oxygens (including phenoxy) is 2. The molecule has 0 aromatic rings. The Morgan fingerprint density at radius 3 is 1.37 bits per heavy atom. The van der Waals surface area contributed by atoms with Crippen molar-refractivity contribution in [1.82, 2.24) is 16.0 Å². The van der Waals surface area contributed by atoms with Gasteiger partial charge >= 0.3 is 12.1 Å². The van der Waals surface area contributed by atoms with E-state index in [0.717, 1.165) is 0 Å². The van der Waals surface area contributed by atoms with Crippen molar-refractivity contribution < 1.29 is 28.7 Å². The summed E-state index contributed by atoms with van der Waals surface area (Å²) in [4.78, 5) is 50.3. The third kappa shape index (κ3) is 7.18. The van der Waals surface area contributed by atoms with Crippen molar-refractivity contribution in [2.75, 3.05) is 7.11 Å². The molecule has 3 atom stereocenters. The van der Waals surface area contributed by atoms with E-state index in [2.05, 4.69) is 16.0 Å². The molecule has 0 bridgehead atoms. The average molecular weight is 430 g/mol. The molecule has 0 aromatic carbocycles. The van der Waals surface area contributed by atoms with Gasteiger partial charge in [-0.1, -0.05) is 20.8 Å². The number of hydrogen-bond acceptors (Lipinski definition) is 6. The van der Waals surface area contributed by atoms with Crippen LogP contribution in [0.5, 0.6) is 0 Å². The van der Waals surface area contributed by atoms with Gasteiger partial charge in [-0.05, 0) is 60.8 Å². The Morgan fingerprint density at radius 1 is 0.667 bits per heavy atom. The van der Waals surface area contributed by atoms with Crippen LogP contribution in [0.4, 0.5) is 4.79 Å². The van der Waals surface area contributed by atoms with E-state index in [4.69, 9.17) is 9.47 Å². The smallest absolute Gasteiger partial charge is 0.408 e. The maximum Gasteiger partial charge on any atom is 0.408 e. The molecule has 0 radical (unpaired) electrons. The van der Waals surface area contributed by atoms with Crippen molar-refractivity contribution >= 4 is 23.9 Å². The highest BCUT2D eigenvalue weighted by Gasteiger charge is 2.44. The first kappa shape index (κ1) is 27.7. The van der Waals surface area contributed by atoms with Gasteiger partial charge in [0.1, 0.15) is 22.2 Å². The summed E-state index contributed by atoms with van der Waals surface area (Å²) < 4.78 is 10.0. The first-order chi connectivity index (χ1) is 13.5. The van der Waals surface area contributed by atoms with Crippen molar-refractivity contribution in [3.63, 3.8) is 0 Å². The van der Waals surface area contributed by atoms with E-state index in [1.165, 1.54) is 7.11 Å². The first-order valence-electron chi connectivity index (χ1n) is 10.3. The number of carbonyl (C=O) groups is 4. The van der Waals surface area contributed by atoms with Gasteiger partial charge in [0.2, 0.25) is 11.8 Å². The summed E-state index contributed by atoms with van der Waals surface area (Å²) in [6.07, 6.45) is 0.117. The Bertz CT molecular complexity index is 660. The van der Waals surface area contributed by atoms with Crippen molar-refractivity contribution in [2.24, 2.45) is 0 Å². The Morgan fingerprint density at radius 2 is 1.03 bits per heavy atom. The number of methoxy groups -OCH3 is 1. The molecule has 3 amide bonds. The molecule has 0 rings (SSSR count). The molecule has 3 N–H and O–H groups in total. The SMILES string of the molecule is CC[C@](C)(NC(=O)OC(C)(C)C)C(=O)N[C@@](C)(CC)C(=O)N[C@@](C)(CC)C(=O)OC. The van der Waals surface area contributed by atoms with Crippen LogP contribution in [-0.4, -0.2) is 53.2 Å². The summed E-state index contributed by atoms with van der Waals surface area (Å²) in [6, 6.07) is 0. The lowest BCUT2D eigenvalue weighted by atomic mass is 9.90. The zero-order valence-electron chi connectivity index (χ0n) is 20.1. The molecule has 0 aliphatic carbocycles. The highest BCUT2D eigenvalue weighted by atomic mass is 16.6. The van der Waals surface area contributed by atoms with Gasteiger partial charge in [-0.2, -0.15) is 0 Å². The summed E-state index contributed by atoms with van der Waals surface area (Å²) in [6.45, 7) is 15.1. The summed E-state index contributed by atoms with van der Waals surface area (Å²) in [5.74, 6) is -1.64. The molecule has 9 nitrogen and oxygen atoms in total. The van der Waals surface area contributed by atoms with E-state index in [1.807, 2.05) is 0 Å². The van der Waals surface area contributed by atoms with Crippen LogP contribution in [0.1, 0.15) is 81.6 Å². The lowest BCUT2D eigenvalue weighted by Gasteiger charge is -2.37. The zero-order valence-corrected chi connectivity index (χ0v) is 20.1. The van der Waals surface area contributed by atoms with E-state index >= 15 is 0 Å². The maximum absolute atomic E-state index is 13.0. The molecule has 0 aromatic heterocycles. The summed E-state index contributed by atoms with van der Waals surface area (Å²) in [5.41, 5.74) is -4.55. The van der Waals surface area contributed by atoms with Gasteiger partial charge in [0.25, 0.3) is 0 Å². The fourth-order valence-electron chi connectivity index (χ4n) is 2.43. The van der Waals surface area contributed by atoms with Crippen LogP contribution in [0.3, 0.4) is 0 Å². The second-order valence-corrected chi connectivity index (χ2v) is 9.08. The average Bonchev–Trinajstić information content (AvgIpc) is 2.64. The molecular formula is C21H39N3O6. The van der Waals surface area contributed by atoms with Crippen molar-refractivity contribution in [3.8, 4) is 0 Å². The second kappa shape index (κ2) is 10.1. The van der Waals surface area contributed by atoms with Crippen LogP contribution in [0.2, 0.25) is 0 Å². The topological polar surface area (TPSA) is 123 Å².